The molecule has 0 aliphatic carbocycles. The van der Waals surface area contributed by atoms with Gasteiger partial charge in [-0.3, -0.25) is 10.1 Å². The molecule has 2 heterocycles. The van der Waals surface area contributed by atoms with Crippen LogP contribution in [0.4, 0.5) is 4.79 Å². The largest absolute Gasteiger partial charge is 0.486 e. The maximum Gasteiger partial charge on any atom is 0.322 e. The Labute approximate surface area is 96.9 Å². The number of fused-ring (bicyclic) bond motifs is 1. The fraction of sp³-hybridized carbons (Fsp3) is 0.273. The molecule has 2 aliphatic heterocycles. The predicted molar refractivity (Wildman–Crippen MR) is 56.8 cm³/mol. The fourth-order valence-corrected chi connectivity index (χ4v) is 1.89. The van der Waals surface area contributed by atoms with Crippen molar-refractivity contribution in [1.82, 2.24) is 10.6 Å². The Morgan fingerprint density at radius 3 is 2.59 bits per heavy atom. The van der Waals surface area contributed by atoms with E-state index in [1.54, 1.807) is 18.2 Å². The van der Waals surface area contributed by atoms with Gasteiger partial charge in [0.05, 0.1) is 0 Å². The topological polar surface area (TPSA) is 76.7 Å². The highest BCUT2D eigenvalue weighted by molar-refractivity contribution is 6.04. The monoisotopic (exact) mass is 234 g/mol. The number of imide groups is 1. The van der Waals surface area contributed by atoms with E-state index in [9.17, 15) is 9.59 Å². The number of carbonyl (C=O) groups excluding carboxylic acids is 2. The van der Waals surface area contributed by atoms with Crippen LogP contribution in [-0.4, -0.2) is 25.2 Å². The molecule has 2 aliphatic rings. The normalized spacial score (nSPS) is 22.0. The molecule has 0 spiro atoms. The summed E-state index contributed by atoms with van der Waals surface area (Å²) in [5.41, 5.74) is 0.678. The maximum absolute atomic E-state index is 11.5. The van der Waals surface area contributed by atoms with Gasteiger partial charge in [0.1, 0.15) is 19.3 Å². The molecular weight excluding hydrogens is 224 g/mol. The van der Waals surface area contributed by atoms with Crippen LogP contribution in [0.15, 0.2) is 18.2 Å². The van der Waals surface area contributed by atoms with Gasteiger partial charge < -0.3 is 14.8 Å². The standard InChI is InChI=1S/C11H10N2O4/c14-10-9(12-11(15)13-10)6-1-2-7-8(5-6)17-4-3-16-7/h1-2,5,9H,3-4H2,(H2,12,13,14,15). The number of urea groups is 1. The Balaban J connectivity index is 1.93. The van der Waals surface area contributed by atoms with E-state index in [2.05, 4.69) is 10.6 Å². The molecule has 3 amide bonds. The Bertz CT molecular complexity index is 500. The first kappa shape index (κ1) is 9.95. The molecule has 6 nitrogen and oxygen atoms in total. The Morgan fingerprint density at radius 2 is 1.88 bits per heavy atom. The average Bonchev–Trinajstić information content (AvgIpc) is 2.68. The van der Waals surface area contributed by atoms with Gasteiger partial charge >= 0.3 is 6.03 Å². The summed E-state index contributed by atoms with van der Waals surface area (Å²) in [5.74, 6) is 0.902. The van der Waals surface area contributed by atoms with Crippen molar-refractivity contribution < 1.29 is 19.1 Å². The number of carbonyl (C=O) groups is 2. The van der Waals surface area contributed by atoms with Crippen molar-refractivity contribution in [1.29, 1.82) is 0 Å². The van der Waals surface area contributed by atoms with Crippen molar-refractivity contribution in [2.45, 2.75) is 6.04 Å². The minimum absolute atomic E-state index is 0.355. The highest BCUT2D eigenvalue weighted by atomic mass is 16.6. The zero-order valence-electron chi connectivity index (χ0n) is 8.86. The first-order valence-corrected chi connectivity index (χ1v) is 5.25. The van der Waals surface area contributed by atoms with E-state index < -0.39 is 12.1 Å². The summed E-state index contributed by atoms with van der Waals surface area (Å²) < 4.78 is 10.8. The van der Waals surface area contributed by atoms with Gasteiger partial charge in [-0.05, 0) is 17.7 Å². The number of amides is 3. The third-order valence-electron chi connectivity index (χ3n) is 2.67. The van der Waals surface area contributed by atoms with E-state index >= 15 is 0 Å². The third-order valence-corrected chi connectivity index (χ3v) is 2.67. The van der Waals surface area contributed by atoms with Crippen LogP contribution in [-0.2, 0) is 4.79 Å². The molecule has 1 fully saturated rings. The van der Waals surface area contributed by atoms with Gasteiger partial charge in [0.25, 0.3) is 5.91 Å². The van der Waals surface area contributed by atoms with Crippen LogP contribution in [0.1, 0.15) is 11.6 Å². The first-order chi connectivity index (χ1) is 8.24. The molecule has 1 aromatic carbocycles. The van der Waals surface area contributed by atoms with Gasteiger partial charge in [0, 0.05) is 0 Å². The van der Waals surface area contributed by atoms with Crippen molar-refractivity contribution in [2.24, 2.45) is 0 Å². The highest BCUT2D eigenvalue weighted by Crippen LogP contribution is 2.33. The van der Waals surface area contributed by atoms with Gasteiger partial charge in [-0.2, -0.15) is 0 Å². The van der Waals surface area contributed by atoms with Gasteiger partial charge in [-0.15, -0.1) is 0 Å². The smallest absolute Gasteiger partial charge is 0.322 e. The Hall–Kier alpha value is -2.24. The van der Waals surface area contributed by atoms with E-state index in [4.69, 9.17) is 9.47 Å². The molecule has 17 heavy (non-hydrogen) atoms. The Kier molecular flexibility index (Phi) is 2.14. The molecule has 88 valence electrons. The highest BCUT2D eigenvalue weighted by Gasteiger charge is 2.31. The molecule has 0 radical (unpaired) electrons. The van der Waals surface area contributed by atoms with Crippen molar-refractivity contribution in [3.63, 3.8) is 0 Å². The second-order valence-corrected chi connectivity index (χ2v) is 3.80. The van der Waals surface area contributed by atoms with Gasteiger partial charge in [-0.1, -0.05) is 6.07 Å². The molecule has 6 heteroatoms. The number of hydrogen-bond donors (Lipinski definition) is 2. The molecular formula is C11H10N2O4. The van der Waals surface area contributed by atoms with Crippen molar-refractivity contribution in [2.75, 3.05) is 13.2 Å². The second kappa shape index (κ2) is 3.65. The number of hydrogen-bond acceptors (Lipinski definition) is 4. The van der Waals surface area contributed by atoms with E-state index in [1.807, 2.05) is 0 Å². The second-order valence-electron chi connectivity index (χ2n) is 3.80. The van der Waals surface area contributed by atoms with Crippen molar-refractivity contribution in [3.8, 4) is 11.5 Å². The van der Waals surface area contributed by atoms with Crippen molar-refractivity contribution in [3.05, 3.63) is 23.8 Å². The lowest BCUT2D eigenvalue weighted by Gasteiger charge is -2.19. The van der Waals surface area contributed by atoms with Crippen molar-refractivity contribution >= 4 is 11.9 Å². The predicted octanol–water partition coefficient (Wildman–Crippen LogP) is 0.338. The lowest BCUT2D eigenvalue weighted by molar-refractivity contribution is -0.120. The zero-order chi connectivity index (χ0) is 11.8. The van der Waals surface area contributed by atoms with Gasteiger partial charge in [0.15, 0.2) is 11.5 Å². The molecule has 1 atom stereocenters. The van der Waals surface area contributed by atoms with E-state index in [0.717, 1.165) is 0 Å². The zero-order valence-corrected chi connectivity index (χ0v) is 8.86. The molecule has 0 aromatic heterocycles. The average molecular weight is 234 g/mol. The molecule has 2 N–H and O–H groups in total. The van der Waals surface area contributed by atoms with Crippen LogP contribution in [0.2, 0.25) is 0 Å². The molecule has 0 saturated carbocycles. The van der Waals surface area contributed by atoms with Crippen LogP contribution in [0, 0.1) is 0 Å². The molecule has 1 unspecified atom stereocenters. The maximum atomic E-state index is 11.5. The lowest BCUT2D eigenvalue weighted by Crippen LogP contribution is -2.22. The summed E-state index contributed by atoms with van der Waals surface area (Å²) in [7, 11) is 0. The van der Waals surface area contributed by atoms with Crippen LogP contribution < -0.4 is 20.1 Å². The SMILES string of the molecule is O=C1NC(=O)C(c2ccc3c(c2)OCCO3)N1. The lowest BCUT2D eigenvalue weighted by atomic mass is 10.1. The summed E-state index contributed by atoms with van der Waals surface area (Å²) in [5, 5.41) is 4.72. The summed E-state index contributed by atoms with van der Waals surface area (Å²) in [6, 6.07) is 4.06. The summed E-state index contributed by atoms with van der Waals surface area (Å²) in [6.45, 7) is 1.01. The quantitative estimate of drug-likeness (QED) is 0.687. The molecule has 0 bridgehead atoms. The summed E-state index contributed by atoms with van der Waals surface area (Å²) in [6.07, 6.45) is 0. The number of ether oxygens (including phenoxy) is 2. The van der Waals surface area contributed by atoms with E-state index in [1.165, 1.54) is 0 Å². The minimum atomic E-state index is -0.654. The van der Waals surface area contributed by atoms with Crippen LogP contribution >= 0.6 is 0 Å². The number of rotatable bonds is 1. The Morgan fingerprint density at radius 1 is 1.12 bits per heavy atom. The van der Waals surface area contributed by atoms with Crippen LogP contribution in [0.3, 0.4) is 0 Å². The molecule has 1 saturated heterocycles. The molecule has 3 rings (SSSR count). The summed E-state index contributed by atoms with van der Waals surface area (Å²) >= 11 is 0. The fourth-order valence-electron chi connectivity index (χ4n) is 1.89. The van der Waals surface area contributed by atoms with Gasteiger partial charge in [0.2, 0.25) is 0 Å². The van der Waals surface area contributed by atoms with E-state index in [-0.39, 0.29) is 5.91 Å². The number of nitrogens with one attached hydrogen (secondary N) is 2. The van der Waals surface area contributed by atoms with Gasteiger partial charge in [-0.25, -0.2) is 4.79 Å². The third kappa shape index (κ3) is 1.67. The molecule has 1 aromatic rings. The van der Waals surface area contributed by atoms with Crippen LogP contribution in [0.5, 0.6) is 11.5 Å². The minimum Gasteiger partial charge on any atom is -0.486 e. The van der Waals surface area contributed by atoms with Crippen LogP contribution in [0.25, 0.3) is 0 Å². The van der Waals surface area contributed by atoms with E-state index in [0.29, 0.717) is 30.3 Å². The number of benzene rings is 1. The first-order valence-electron chi connectivity index (χ1n) is 5.25. The summed E-state index contributed by atoms with van der Waals surface area (Å²) in [4.78, 5) is 22.5.